The molecule has 0 bridgehead atoms. The molecule has 1 N–H and O–H groups in total. The fourth-order valence-electron chi connectivity index (χ4n) is 3.96. The average Bonchev–Trinajstić information content (AvgIpc) is 2.69. The lowest BCUT2D eigenvalue weighted by atomic mass is 9.88. The van der Waals surface area contributed by atoms with Crippen molar-refractivity contribution in [1.82, 2.24) is 9.80 Å². The van der Waals surface area contributed by atoms with E-state index in [1.165, 1.54) is 12.5 Å². The van der Waals surface area contributed by atoms with Gasteiger partial charge in [-0.1, -0.05) is 30.9 Å². The zero-order valence-electron chi connectivity index (χ0n) is 16.1. The highest BCUT2D eigenvalue weighted by atomic mass is 35.5. The number of hydrogen-bond acceptors (Lipinski definition) is 3. The van der Waals surface area contributed by atoms with E-state index in [2.05, 4.69) is 5.32 Å². The molecule has 1 saturated carbocycles. The van der Waals surface area contributed by atoms with Gasteiger partial charge in [-0.3, -0.25) is 14.5 Å². The maximum absolute atomic E-state index is 12.9. The summed E-state index contributed by atoms with van der Waals surface area (Å²) in [4.78, 5) is 28.6. The molecule has 1 aliphatic heterocycles. The van der Waals surface area contributed by atoms with E-state index in [1.807, 2.05) is 9.80 Å². The Kier molecular flexibility index (Phi) is 7.05. The van der Waals surface area contributed by atoms with Crippen LogP contribution in [0, 0.1) is 5.92 Å². The Hall–Kier alpha value is -1.80. The third kappa shape index (κ3) is 5.85. The van der Waals surface area contributed by atoms with Crippen LogP contribution >= 0.6 is 11.6 Å². The predicted molar refractivity (Wildman–Crippen MR) is 105 cm³/mol. The molecule has 1 aromatic rings. The zero-order chi connectivity index (χ0) is 21.0. The van der Waals surface area contributed by atoms with Crippen LogP contribution in [0.2, 0.25) is 5.02 Å². The predicted octanol–water partition coefficient (Wildman–Crippen LogP) is 4.02. The maximum Gasteiger partial charge on any atom is 0.417 e. The van der Waals surface area contributed by atoms with Crippen molar-refractivity contribution < 1.29 is 22.8 Å². The number of nitrogens with zero attached hydrogens (tertiary/aromatic N) is 2. The van der Waals surface area contributed by atoms with Crippen molar-refractivity contribution in [3.63, 3.8) is 0 Å². The van der Waals surface area contributed by atoms with Crippen LogP contribution in [0.4, 0.5) is 18.9 Å². The summed E-state index contributed by atoms with van der Waals surface area (Å²) >= 11 is 5.60. The summed E-state index contributed by atoms with van der Waals surface area (Å²) in [5.41, 5.74) is -0.926. The van der Waals surface area contributed by atoms with Crippen LogP contribution in [0.1, 0.15) is 37.7 Å². The number of anilines is 1. The van der Waals surface area contributed by atoms with Crippen molar-refractivity contribution in [3.8, 4) is 0 Å². The van der Waals surface area contributed by atoms with Crippen LogP contribution in [-0.2, 0) is 15.8 Å². The average molecular weight is 432 g/mol. The summed E-state index contributed by atoms with van der Waals surface area (Å²) in [5.74, 6) is -0.0477. The lowest BCUT2D eigenvalue weighted by molar-refractivity contribution is -0.139. The van der Waals surface area contributed by atoms with E-state index in [4.69, 9.17) is 11.6 Å². The van der Waals surface area contributed by atoms with Crippen molar-refractivity contribution in [2.75, 3.05) is 38.0 Å². The number of carbonyl (C=O) groups is 2. The Bertz CT molecular complexity index is 743. The van der Waals surface area contributed by atoms with E-state index in [-0.39, 0.29) is 24.1 Å². The molecule has 9 heteroatoms. The standard InChI is InChI=1S/C20H25ClF3N3O2/c21-17-7-6-15(12-16(17)20(22,23)24)25-18(28)13-26-8-10-27(11-9-26)19(29)14-4-2-1-3-5-14/h6-7,12,14H,1-5,8-11,13H2,(H,25,28). The molecule has 0 radical (unpaired) electrons. The van der Waals surface area contributed by atoms with Gasteiger partial charge < -0.3 is 10.2 Å². The molecule has 1 aromatic carbocycles. The Balaban J connectivity index is 1.48. The maximum atomic E-state index is 12.9. The highest BCUT2D eigenvalue weighted by Gasteiger charge is 2.33. The molecule has 2 aliphatic rings. The van der Waals surface area contributed by atoms with Gasteiger partial charge in [0.1, 0.15) is 0 Å². The molecule has 5 nitrogen and oxygen atoms in total. The second kappa shape index (κ2) is 9.34. The fraction of sp³-hybridized carbons (Fsp3) is 0.600. The smallest absolute Gasteiger partial charge is 0.340 e. The van der Waals surface area contributed by atoms with E-state index in [0.29, 0.717) is 26.2 Å². The molecule has 0 atom stereocenters. The number of rotatable bonds is 4. The van der Waals surface area contributed by atoms with Gasteiger partial charge in [0, 0.05) is 37.8 Å². The molecule has 1 saturated heterocycles. The number of nitrogens with one attached hydrogen (secondary N) is 1. The molecule has 0 spiro atoms. The Morgan fingerprint density at radius 1 is 1.07 bits per heavy atom. The molecule has 1 heterocycles. The highest BCUT2D eigenvalue weighted by Crippen LogP contribution is 2.36. The van der Waals surface area contributed by atoms with Crippen LogP contribution in [0.25, 0.3) is 0 Å². The van der Waals surface area contributed by atoms with Crippen molar-refractivity contribution >= 4 is 29.1 Å². The van der Waals surface area contributed by atoms with Crippen molar-refractivity contribution in [2.45, 2.75) is 38.3 Å². The van der Waals surface area contributed by atoms with Crippen LogP contribution < -0.4 is 5.32 Å². The number of piperazine rings is 1. The molecular formula is C20H25ClF3N3O2. The summed E-state index contributed by atoms with van der Waals surface area (Å²) in [7, 11) is 0. The van der Waals surface area contributed by atoms with Crippen molar-refractivity contribution in [2.24, 2.45) is 5.92 Å². The summed E-state index contributed by atoms with van der Waals surface area (Å²) < 4.78 is 38.8. The monoisotopic (exact) mass is 431 g/mol. The number of benzene rings is 1. The van der Waals surface area contributed by atoms with Gasteiger partial charge >= 0.3 is 6.18 Å². The van der Waals surface area contributed by atoms with Gasteiger partial charge in [0.05, 0.1) is 17.1 Å². The molecule has 0 aromatic heterocycles. The summed E-state index contributed by atoms with van der Waals surface area (Å²) in [6.45, 7) is 2.35. The molecule has 29 heavy (non-hydrogen) atoms. The van der Waals surface area contributed by atoms with Crippen LogP contribution in [0.15, 0.2) is 18.2 Å². The van der Waals surface area contributed by atoms with Crippen LogP contribution in [0.3, 0.4) is 0 Å². The normalized spacial score (nSPS) is 19.2. The second-order valence-corrected chi connectivity index (χ2v) is 8.08. The zero-order valence-corrected chi connectivity index (χ0v) is 16.9. The van der Waals surface area contributed by atoms with Gasteiger partial charge in [0.25, 0.3) is 0 Å². The van der Waals surface area contributed by atoms with E-state index >= 15 is 0 Å². The topological polar surface area (TPSA) is 52.7 Å². The van der Waals surface area contributed by atoms with Gasteiger partial charge in [-0.2, -0.15) is 13.2 Å². The lowest BCUT2D eigenvalue weighted by Crippen LogP contribution is -2.52. The third-order valence-corrected chi connectivity index (χ3v) is 5.89. The fourth-order valence-corrected chi connectivity index (χ4v) is 4.18. The van der Waals surface area contributed by atoms with Crippen molar-refractivity contribution in [1.29, 1.82) is 0 Å². The molecule has 0 unspecified atom stereocenters. The van der Waals surface area contributed by atoms with Gasteiger partial charge in [0.2, 0.25) is 11.8 Å². The van der Waals surface area contributed by atoms with Crippen LogP contribution in [-0.4, -0.2) is 54.3 Å². The number of halogens is 4. The van der Waals surface area contributed by atoms with E-state index in [1.54, 1.807) is 0 Å². The third-order valence-electron chi connectivity index (χ3n) is 5.56. The molecular weight excluding hydrogens is 407 g/mol. The van der Waals surface area contributed by atoms with Gasteiger partial charge in [-0.05, 0) is 31.0 Å². The highest BCUT2D eigenvalue weighted by molar-refractivity contribution is 6.31. The summed E-state index contributed by atoms with van der Waals surface area (Å²) in [6, 6.07) is 3.30. The first-order valence-corrected chi connectivity index (χ1v) is 10.3. The SMILES string of the molecule is O=C(CN1CCN(C(=O)C2CCCCC2)CC1)Nc1ccc(Cl)c(C(F)(F)F)c1. The molecule has 1 aliphatic carbocycles. The number of amides is 2. The van der Waals surface area contributed by atoms with E-state index in [9.17, 15) is 22.8 Å². The Morgan fingerprint density at radius 3 is 2.34 bits per heavy atom. The minimum Gasteiger partial charge on any atom is -0.340 e. The molecule has 2 amide bonds. The van der Waals surface area contributed by atoms with Gasteiger partial charge in [0.15, 0.2) is 0 Å². The largest absolute Gasteiger partial charge is 0.417 e. The number of hydrogen-bond donors (Lipinski definition) is 1. The van der Waals surface area contributed by atoms with E-state index < -0.39 is 22.7 Å². The Morgan fingerprint density at radius 2 is 1.72 bits per heavy atom. The Labute approximate surface area is 173 Å². The second-order valence-electron chi connectivity index (χ2n) is 7.68. The number of alkyl halides is 3. The lowest BCUT2D eigenvalue weighted by Gasteiger charge is -2.36. The number of carbonyl (C=O) groups excluding carboxylic acids is 2. The first kappa shape index (κ1) is 21.9. The van der Waals surface area contributed by atoms with Crippen LogP contribution in [0.5, 0.6) is 0 Å². The minimum atomic E-state index is -4.58. The first-order chi connectivity index (χ1) is 13.7. The molecule has 160 valence electrons. The first-order valence-electron chi connectivity index (χ1n) is 9.92. The van der Waals surface area contributed by atoms with Gasteiger partial charge in [-0.15, -0.1) is 0 Å². The quantitative estimate of drug-likeness (QED) is 0.783. The summed E-state index contributed by atoms with van der Waals surface area (Å²) in [5, 5.41) is 2.09. The minimum absolute atomic E-state index is 0.0536. The molecule has 2 fully saturated rings. The summed E-state index contributed by atoms with van der Waals surface area (Å²) in [6.07, 6.45) is 0.753. The van der Waals surface area contributed by atoms with Crippen molar-refractivity contribution in [3.05, 3.63) is 28.8 Å². The molecule has 3 rings (SSSR count). The van der Waals surface area contributed by atoms with Gasteiger partial charge in [-0.25, -0.2) is 0 Å². The van der Waals surface area contributed by atoms with E-state index in [0.717, 1.165) is 37.8 Å².